The summed E-state index contributed by atoms with van der Waals surface area (Å²) in [5, 5.41) is 3.07. The molecule has 0 radical (unpaired) electrons. The molecule has 0 spiro atoms. The minimum atomic E-state index is -0.639. The van der Waals surface area contributed by atoms with E-state index >= 15 is 0 Å². The molecule has 1 aliphatic rings. The van der Waals surface area contributed by atoms with Crippen LogP contribution in [0.5, 0.6) is 0 Å². The molecule has 7 nitrogen and oxygen atoms in total. The van der Waals surface area contributed by atoms with Crippen molar-refractivity contribution in [3.8, 4) is 0 Å². The Balaban J connectivity index is 3.08. The topological polar surface area (TPSA) is 79.0 Å². The first-order valence-electron chi connectivity index (χ1n) is 12.5. The summed E-state index contributed by atoms with van der Waals surface area (Å²) in [5.74, 6) is -0.184. The lowest BCUT2D eigenvalue weighted by atomic mass is 9.93. The molecular weight excluding hydrogens is 406 g/mol. The number of ether oxygens (including phenoxy) is 1. The monoisotopic (exact) mass is 453 g/mol. The fourth-order valence-electron chi connectivity index (χ4n) is 4.43. The van der Waals surface area contributed by atoms with Gasteiger partial charge in [-0.2, -0.15) is 0 Å². The molecule has 1 heterocycles. The molecule has 0 aliphatic carbocycles. The fraction of sp³-hybridized carbons (Fsp3) is 0.880. The number of carbonyl (C=O) groups excluding carboxylic acids is 3. The number of hydrogen-bond donors (Lipinski definition) is 1. The number of likely N-dealkylation sites (tertiary alicyclic amines) is 1. The summed E-state index contributed by atoms with van der Waals surface area (Å²) in [6, 6.07) is -0.915. The number of esters is 1. The van der Waals surface area contributed by atoms with Crippen LogP contribution in [0.25, 0.3) is 0 Å². The Morgan fingerprint density at radius 2 is 1.72 bits per heavy atom. The van der Waals surface area contributed by atoms with Crippen molar-refractivity contribution in [1.82, 2.24) is 15.1 Å². The first kappa shape index (κ1) is 28.4. The number of amides is 2. The SMILES string of the molecule is CCC(C)C(NC(=O)C1CCCCN1C)C(=O)N(COC(=O)CC(C)C)C(CC)C(C)C. The number of carbonyl (C=O) groups is 3. The fourth-order valence-corrected chi connectivity index (χ4v) is 4.43. The zero-order valence-corrected chi connectivity index (χ0v) is 21.6. The standard InChI is InChI=1S/C25H47N3O4/c1-9-19(7)23(26-24(30)21-13-11-12-14-27(21)8)25(31)28(20(10-2)18(5)6)16-32-22(29)15-17(3)4/h17-21,23H,9-16H2,1-8H3,(H,26,30). The van der Waals surface area contributed by atoms with Crippen molar-refractivity contribution >= 4 is 17.8 Å². The number of piperidine rings is 1. The Morgan fingerprint density at radius 3 is 2.22 bits per heavy atom. The second-order valence-electron chi connectivity index (χ2n) is 10.1. The molecule has 1 N–H and O–H groups in total. The molecule has 0 saturated carbocycles. The van der Waals surface area contributed by atoms with Gasteiger partial charge in [0.25, 0.3) is 0 Å². The van der Waals surface area contributed by atoms with Crippen LogP contribution >= 0.6 is 0 Å². The molecule has 4 atom stereocenters. The van der Waals surface area contributed by atoms with Crippen molar-refractivity contribution in [3.05, 3.63) is 0 Å². The van der Waals surface area contributed by atoms with E-state index in [1.54, 1.807) is 4.90 Å². The number of likely N-dealkylation sites (N-methyl/N-ethyl adjacent to an activating group) is 1. The van der Waals surface area contributed by atoms with Crippen LogP contribution in [-0.2, 0) is 19.1 Å². The van der Waals surface area contributed by atoms with Crippen molar-refractivity contribution in [3.63, 3.8) is 0 Å². The van der Waals surface area contributed by atoms with Crippen molar-refractivity contribution in [2.24, 2.45) is 17.8 Å². The average Bonchev–Trinajstić information content (AvgIpc) is 2.73. The first-order valence-corrected chi connectivity index (χ1v) is 12.5. The van der Waals surface area contributed by atoms with Gasteiger partial charge in [0, 0.05) is 12.5 Å². The summed E-state index contributed by atoms with van der Waals surface area (Å²) in [4.78, 5) is 42.9. The second kappa shape index (κ2) is 13.8. The summed E-state index contributed by atoms with van der Waals surface area (Å²) in [6.45, 7) is 14.9. The van der Waals surface area contributed by atoms with Crippen molar-refractivity contribution in [2.45, 2.75) is 105 Å². The minimum absolute atomic E-state index is 0.0288. The zero-order valence-electron chi connectivity index (χ0n) is 21.6. The maximum atomic E-state index is 13.8. The van der Waals surface area contributed by atoms with Crippen LogP contribution < -0.4 is 5.32 Å². The highest BCUT2D eigenvalue weighted by Gasteiger charge is 2.37. The van der Waals surface area contributed by atoms with Gasteiger partial charge in [-0.1, -0.05) is 61.3 Å². The largest absolute Gasteiger partial charge is 0.444 e. The maximum absolute atomic E-state index is 13.8. The van der Waals surface area contributed by atoms with E-state index in [0.29, 0.717) is 6.42 Å². The molecule has 0 aromatic heterocycles. The minimum Gasteiger partial charge on any atom is -0.444 e. The van der Waals surface area contributed by atoms with Crippen LogP contribution in [0.1, 0.15) is 87.0 Å². The molecule has 32 heavy (non-hydrogen) atoms. The van der Waals surface area contributed by atoms with Gasteiger partial charge in [0.15, 0.2) is 6.73 Å². The number of nitrogens with zero attached hydrogens (tertiary/aromatic N) is 2. The third-order valence-corrected chi connectivity index (χ3v) is 6.66. The van der Waals surface area contributed by atoms with Gasteiger partial charge in [0.05, 0.1) is 6.04 Å². The molecule has 0 aromatic carbocycles. The van der Waals surface area contributed by atoms with E-state index in [-0.39, 0.29) is 54.4 Å². The van der Waals surface area contributed by atoms with Gasteiger partial charge >= 0.3 is 5.97 Å². The van der Waals surface area contributed by atoms with Crippen molar-refractivity contribution in [2.75, 3.05) is 20.3 Å². The molecule has 0 aromatic rings. The normalized spacial score (nSPS) is 20.0. The third kappa shape index (κ3) is 8.38. The van der Waals surface area contributed by atoms with Crippen LogP contribution in [0, 0.1) is 17.8 Å². The number of nitrogens with one attached hydrogen (secondary N) is 1. The smallest absolute Gasteiger partial charge is 0.307 e. The quantitative estimate of drug-likeness (QED) is 0.359. The lowest BCUT2D eigenvalue weighted by Gasteiger charge is -2.38. The molecule has 1 aliphatic heterocycles. The molecule has 1 rings (SSSR count). The Hall–Kier alpha value is -1.63. The number of rotatable bonds is 12. The third-order valence-electron chi connectivity index (χ3n) is 6.66. The summed E-state index contributed by atoms with van der Waals surface area (Å²) >= 11 is 0. The predicted molar refractivity (Wildman–Crippen MR) is 128 cm³/mol. The maximum Gasteiger partial charge on any atom is 0.307 e. The van der Waals surface area contributed by atoms with Gasteiger partial charge in [-0.05, 0) is 50.6 Å². The molecule has 0 bridgehead atoms. The Morgan fingerprint density at radius 1 is 1.06 bits per heavy atom. The van der Waals surface area contributed by atoms with Gasteiger partial charge in [0.2, 0.25) is 11.8 Å². The molecule has 1 fully saturated rings. The van der Waals surface area contributed by atoms with E-state index in [0.717, 1.165) is 38.6 Å². The van der Waals surface area contributed by atoms with E-state index in [2.05, 4.69) is 24.1 Å². The van der Waals surface area contributed by atoms with Gasteiger partial charge < -0.3 is 15.0 Å². The summed E-state index contributed by atoms with van der Waals surface area (Å²) < 4.78 is 5.52. The Kier molecular flexibility index (Phi) is 12.3. The van der Waals surface area contributed by atoms with Crippen molar-refractivity contribution in [1.29, 1.82) is 0 Å². The van der Waals surface area contributed by atoms with Crippen LogP contribution in [0.4, 0.5) is 0 Å². The molecule has 1 saturated heterocycles. The lowest BCUT2D eigenvalue weighted by Crippen LogP contribution is -2.59. The van der Waals surface area contributed by atoms with Gasteiger partial charge in [-0.15, -0.1) is 0 Å². The van der Waals surface area contributed by atoms with E-state index in [9.17, 15) is 14.4 Å². The Bertz CT molecular complexity index is 608. The van der Waals surface area contributed by atoms with E-state index in [1.165, 1.54) is 0 Å². The first-order chi connectivity index (χ1) is 15.0. The van der Waals surface area contributed by atoms with Crippen LogP contribution in [0.2, 0.25) is 0 Å². The molecule has 2 amide bonds. The summed E-state index contributed by atoms with van der Waals surface area (Å²) in [7, 11) is 1.97. The highest BCUT2D eigenvalue weighted by atomic mass is 16.5. The molecule has 186 valence electrons. The van der Waals surface area contributed by atoms with Gasteiger partial charge in [-0.3, -0.25) is 19.3 Å². The van der Waals surface area contributed by atoms with Crippen molar-refractivity contribution < 1.29 is 19.1 Å². The van der Waals surface area contributed by atoms with Gasteiger partial charge in [-0.25, -0.2) is 0 Å². The van der Waals surface area contributed by atoms with E-state index in [4.69, 9.17) is 4.74 Å². The van der Waals surface area contributed by atoms with Gasteiger partial charge in [0.1, 0.15) is 6.04 Å². The van der Waals surface area contributed by atoms with Crippen LogP contribution in [-0.4, -0.2) is 66.0 Å². The molecule has 4 unspecified atom stereocenters. The number of hydrogen-bond acceptors (Lipinski definition) is 5. The molecular formula is C25H47N3O4. The highest BCUT2D eigenvalue weighted by Crippen LogP contribution is 2.21. The summed E-state index contributed by atoms with van der Waals surface area (Å²) in [6.07, 6.45) is 4.75. The average molecular weight is 454 g/mol. The lowest BCUT2D eigenvalue weighted by molar-refractivity contribution is -0.159. The second-order valence-corrected chi connectivity index (χ2v) is 10.1. The summed E-state index contributed by atoms with van der Waals surface area (Å²) in [5.41, 5.74) is 0. The van der Waals surface area contributed by atoms with Crippen LogP contribution in [0.3, 0.4) is 0 Å². The van der Waals surface area contributed by atoms with E-state index in [1.807, 2.05) is 41.7 Å². The zero-order chi connectivity index (χ0) is 24.4. The molecule has 7 heteroatoms. The highest BCUT2D eigenvalue weighted by molar-refractivity contribution is 5.90. The van der Waals surface area contributed by atoms with E-state index < -0.39 is 6.04 Å². The van der Waals surface area contributed by atoms with Crippen LogP contribution in [0.15, 0.2) is 0 Å². The predicted octanol–water partition coefficient (Wildman–Crippen LogP) is 3.81. The Labute approximate surface area is 195 Å².